The van der Waals surface area contributed by atoms with E-state index in [-0.39, 0.29) is 5.41 Å². The van der Waals surface area contributed by atoms with E-state index in [1.807, 2.05) is 6.07 Å². The van der Waals surface area contributed by atoms with Crippen LogP contribution in [0.25, 0.3) is 0 Å². The van der Waals surface area contributed by atoms with Crippen LogP contribution in [-0.4, -0.2) is 19.5 Å². The Bertz CT molecular complexity index is 339. The summed E-state index contributed by atoms with van der Waals surface area (Å²) < 4.78 is 11.2. The fourth-order valence-corrected chi connectivity index (χ4v) is 2.35. The van der Waals surface area contributed by atoms with Gasteiger partial charge in [-0.25, -0.2) is 0 Å². The zero-order chi connectivity index (χ0) is 10.7. The average Bonchev–Trinajstić information content (AvgIpc) is 2.65. The molecule has 1 aromatic heterocycles. The highest BCUT2D eigenvalue weighted by Gasteiger charge is 2.32. The summed E-state index contributed by atoms with van der Waals surface area (Å²) >= 11 is 3.26. The van der Waals surface area contributed by atoms with Crippen molar-refractivity contribution in [3.8, 4) is 0 Å². The second-order valence-electron chi connectivity index (χ2n) is 4.03. The van der Waals surface area contributed by atoms with Gasteiger partial charge >= 0.3 is 0 Å². The first kappa shape index (κ1) is 10.9. The van der Waals surface area contributed by atoms with Crippen LogP contribution in [0.1, 0.15) is 18.4 Å². The summed E-state index contributed by atoms with van der Waals surface area (Å²) in [5.74, 6) is 0. The molecule has 0 unspecified atom stereocenters. The Morgan fingerprint density at radius 2 is 2.20 bits per heavy atom. The average molecular weight is 273 g/mol. The normalized spacial score (nSPS) is 20.1. The van der Waals surface area contributed by atoms with Crippen LogP contribution in [0.2, 0.25) is 0 Å². The van der Waals surface area contributed by atoms with Crippen LogP contribution in [0.15, 0.2) is 21.4 Å². The summed E-state index contributed by atoms with van der Waals surface area (Å²) in [5.41, 5.74) is 0.817. The van der Waals surface area contributed by atoms with Crippen molar-refractivity contribution >= 4 is 22.2 Å². The Morgan fingerprint density at radius 3 is 2.73 bits per heavy atom. The highest BCUT2D eigenvalue weighted by Crippen LogP contribution is 2.33. The highest BCUT2D eigenvalue weighted by molar-refractivity contribution is 9.10. The number of carbonyl (C=O) groups is 1. The Hall–Kier alpha value is -0.610. The van der Waals surface area contributed by atoms with Crippen molar-refractivity contribution in [2.24, 2.45) is 5.41 Å². The molecule has 0 spiro atoms. The van der Waals surface area contributed by atoms with Gasteiger partial charge in [0, 0.05) is 18.6 Å². The number of rotatable bonds is 3. The number of hydrogen-bond donors (Lipinski definition) is 0. The summed E-state index contributed by atoms with van der Waals surface area (Å²) in [6.07, 6.45) is 5.13. The maximum absolute atomic E-state index is 11.2. The van der Waals surface area contributed by atoms with Crippen LogP contribution in [-0.2, 0) is 16.0 Å². The molecule has 0 saturated carbocycles. The van der Waals surface area contributed by atoms with Crippen LogP contribution in [0.5, 0.6) is 0 Å². The molecule has 0 N–H and O–H groups in total. The van der Waals surface area contributed by atoms with Gasteiger partial charge in [-0.2, -0.15) is 0 Å². The van der Waals surface area contributed by atoms with Gasteiger partial charge in [0.2, 0.25) is 0 Å². The molecule has 0 radical (unpaired) electrons. The van der Waals surface area contributed by atoms with E-state index in [1.54, 1.807) is 6.26 Å². The van der Waals surface area contributed by atoms with E-state index >= 15 is 0 Å². The summed E-state index contributed by atoms with van der Waals surface area (Å²) in [6.45, 7) is 1.36. The molecule has 0 bridgehead atoms. The van der Waals surface area contributed by atoms with E-state index < -0.39 is 0 Å². The molecule has 0 atom stereocenters. The second-order valence-corrected chi connectivity index (χ2v) is 4.81. The van der Waals surface area contributed by atoms with E-state index in [4.69, 9.17) is 9.15 Å². The number of furan rings is 1. The van der Waals surface area contributed by atoms with Crippen LogP contribution in [0.4, 0.5) is 0 Å². The van der Waals surface area contributed by atoms with Crippen molar-refractivity contribution < 1.29 is 13.9 Å². The molecule has 0 amide bonds. The fraction of sp³-hybridized carbons (Fsp3) is 0.545. The third-order valence-electron chi connectivity index (χ3n) is 2.92. The first-order chi connectivity index (χ1) is 7.24. The predicted molar refractivity (Wildman–Crippen MR) is 58.7 cm³/mol. The van der Waals surface area contributed by atoms with Gasteiger partial charge in [-0.05, 0) is 46.8 Å². The molecular formula is C11H13BrO3. The number of halogens is 1. The molecule has 1 aliphatic heterocycles. The van der Waals surface area contributed by atoms with Gasteiger partial charge in [0.15, 0.2) is 4.67 Å². The van der Waals surface area contributed by atoms with Crippen LogP contribution in [0.3, 0.4) is 0 Å². The van der Waals surface area contributed by atoms with E-state index in [0.29, 0.717) is 17.9 Å². The lowest BCUT2D eigenvalue weighted by atomic mass is 9.77. The lowest BCUT2D eigenvalue weighted by Crippen LogP contribution is -2.33. The number of aldehydes is 1. The van der Waals surface area contributed by atoms with E-state index in [1.165, 1.54) is 0 Å². The Morgan fingerprint density at radius 1 is 1.47 bits per heavy atom. The van der Waals surface area contributed by atoms with Gasteiger partial charge in [0.05, 0.1) is 6.26 Å². The van der Waals surface area contributed by atoms with Crippen molar-refractivity contribution in [3.05, 3.63) is 22.6 Å². The van der Waals surface area contributed by atoms with Gasteiger partial charge in [0.25, 0.3) is 0 Å². The summed E-state index contributed by atoms with van der Waals surface area (Å²) in [5, 5.41) is 0. The van der Waals surface area contributed by atoms with E-state index in [9.17, 15) is 4.79 Å². The summed E-state index contributed by atoms with van der Waals surface area (Å²) in [7, 11) is 0. The molecule has 3 nitrogen and oxygen atoms in total. The van der Waals surface area contributed by atoms with Gasteiger partial charge in [0.1, 0.15) is 6.29 Å². The van der Waals surface area contributed by atoms with Crippen molar-refractivity contribution in [3.63, 3.8) is 0 Å². The highest BCUT2D eigenvalue weighted by atomic mass is 79.9. The van der Waals surface area contributed by atoms with Crippen LogP contribution >= 0.6 is 15.9 Å². The summed E-state index contributed by atoms with van der Waals surface area (Å²) in [4.78, 5) is 11.2. The van der Waals surface area contributed by atoms with Crippen molar-refractivity contribution in [2.75, 3.05) is 13.2 Å². The molecule has 0 aromatic carbocycles. The molecule has 4 heteroatoms. The number of carbonyl (C=O) groups excluding carboxylic acids is 1. The maximum atomic E-state index is 11.2. The zero-order valence-electron chi connectivity index (χ0n) is 8.37. The minimum atomic E-state index is -0.248. The van der Waals surface area contributed by atoms with Gasteiger partial charge in [-0.15, -0.1) is 0 Å². The molecule has 2 rings (SSSR count). The van der Waals surface area contributed by atoms with E-state index in [0.717, 1.165) is 31.1 Å². The molecular weight excluding hydrogens is 260 g/mol. The molecule has 2 heterocycles. The molecule has 1 aliphatic rings. The van der Waals surface area contributed by atoms with E-state index in [2.05, 4.69) is 15.9 Å². The predicted octanol–water partition coefficient (Wildman–Crippen LogP) is 2.58. The molecule has 1 saturated heterocycles. The zero-order valence-corrected chi connectivity index (χ0v) is 9.96. The number of ether oxygens (including phenoxy) is 1. The topological polar surface area (TPSA) is 39.4 Å². The Balaban J connectivity index is 2.10. The van der Waals surface area contributed by atoms with Crippen molar-refractivity contribution in [1.29, 1.82) is 0 Å². The Kier molecular flexibility index (Phi) is 3.26. The smallest absolute Gasteiger partial charge is 0.169 e. The van der Waals surface area contributed by atoms with Gasteiger partial charge in [-0.3, -0.25) is 0 Å². The molecule has 0 aliphatic carbocycles. The minimum Gasteiger partial charge on any atom is -0.457 e. The largest absolute Gasteiger partial charge is 0.457 e. The van der Waals surface area contributed by atoms with Gasteiger partial charge in [-0.1, -0.05) is 0 Å². The molecule has 15 heavy (non-hydrogen) atoms. The van der Waals surface area contributed by atoms with Gasteiger partial charge < -0.3 is 13.9 Å². The second kappa shape index (κ2) is 4.49. The monoisotopic (exact) mass is 272 g/mol. The Labute approximate surface area is 96.9 Å². The van der Waals surface area contributed by atoms with Crippen molar-refractivity contribution in [1.82, 2.24) is 0 Å². The molecule has 1 fully saturated rings. The van der Waals surface area contributed by atoms with Crippen molar-refractivity contribution in [2.45, 2.75) is 19.3 Å². The summed E-state index contributed by atoms with van der Waals surface area (Å²) in [6, 6.07) is 1.92. The lowest BCUT2D eigenvalue weighted by molar-refractivity contribution is -0.121. The number of hydrogen-bond acceptors (Lipinski definition) is 3. The minimum absolute atomic E-state index is 0.248. The standard InChI is InChI=1S/C11H13BrO3/c12-10-5-9(7-15-10)6-11(8-13)1-3-14-4-2-11/h5,7-8H,1-4,6H2. The quantitative estimate of drug-likeness (QED) is 0.794. The third kappa shape index (κ3) is 2.49. The fourth-order valence-electron chi connectivity index (χ4n) is 1.96. The van der Waals surface area contributed by atoms with Crippen LogP contribution < -0.4 is 0 Å². The third-order valence-corrected chi connectivity index (χ3v) is 3.33. The first-order valence-corrected chi connectivity index (χ1v) is 5.80. The maximum Gasteiger partial charge on any atom is 0.169 e. The first-order valence-electron chi connectivity index (χ1n) is 5.01. The van der Waals surface area contributed by atoms with Crippen LogP contribution in [0, 0.1) is 5.41 Å². The molecule has 1 aromatic rings. The SMILES string of the molecule is O=CC1(Cc2coc(Br)c2)CCOCC1. The molecule has 82 valence electrons. The lowest BCUT2D eigenvalue weighted by Gasteiger charge is -2.31.